The average Bonchev–Trinajstić information content (AvgIpc) is 2.46. The highest BCUT2D eigenvalue weighted by molar-refractivity contribution is 5.80. The van der Waals surface area contributed by atoms with Crippen molar-refractivity contribution in [3.63, 3.8) is 0 Å². The third-order valence-corrected chi connectivity index (χ3v) is 3.67. The lowest BCUT2D eigenvalue weighted by Gasteiger charge is -2.27. The second kappa shape index (κ2) is 7.46. The number of hydrogen-bond acceptors (Lipinski definition) is 4. The van der Waals surface area contributed by atoms with E-state index in [0.717, 1.165) is 11.3 Å². The number of nitrogens with one attached hydrogen (secondary N) is 1. The molecule has 21 heavy (non-hydrogen) atoms. The SMILES string of the molecule is CCOC(=O)C(C)(COc1cc(C(C)C)ccc1C)NC. The molecule has 1 aromatic carbocycles. The first-order valence-corrected chi connectivity index (χ1v) is 7.43. The Kier molecular flexibility index (Phi) is 6.21. The van der Waals surface area contributed by atoms with Crippen LogP contribution in [0.4, 0.5) is 0 Å². The van der Waals surface area contributed by atoms with Crippen LogP contribution in [0.5, 0.6) is 5.75 Å². The van der Waals surface area contributed by atoms with Crippen molar-refractivity contribution < 1.29 is 14.3 Å². The quantitative estimate of drug-likeness (QED) is 0.785. The number of ether oxygens (including phenoxy) is 2. The summed E-state index contributed by atoms with van der Waals surface area (Å²) in [5.74, 6) is 0.950. The molecule has 1 aromatic rings. The van der Waals surface area contributed by atoms with E-state index in [9.17, 15) is 4.79 Å². The second-order valence-electron chi connectivity index (χ2n) is 5.77. The van der Waals surface area contributed by atoms with E-state index in [-0.39, 0.29) is 12.6 Å². The minimum absolute atomic E-state index is 0.227. The first kappa shape index (κ1) is 17.5. The van der Waals surface area contributed by atoms with Crippen molar-refractivity contribution in [3.8, 4) is 5.75 Å². The number of carbonyl (C=O) groups excluding carboxylic acids is 1. The Morgan fingerprint density at radius 2 is 2.05 bits per heavy atom. The summed E-state index contributed by atoms with van der Waals surface area (Å²) in [7, 11) is 1.73. The molecule has 4 nitrogen and oxygen atoms in total. The minimum atomic E-state index is -0.851. The lowest BCUT2D eigenvalue weighted by atomic mass is 10.0. The van der Waals surface area contributed by atoms with Gasteiger partial charge in [-0.2, -0.15) is 0 Å². The molecule has 0 saturated carbocycles. The predicted octanol–water partition coefficient (Wildman–Crippen LogP) is 3.04. The standard InChI is InChI=1S/C17H27NO3/c1-7-20-16(19)17(5,18-6)11-21-15-10-14(12(2)3)9-8-13(15)4/h8-10,12,18H,7,11H2,1-6H3. The molecule has 0 spiro atoms. The number of rotatable bonds is 7. The van der Waals surface area contributed by atoms with Gasteiger partial charge in [0.1, 0.15) is 17.9 Å². The summed E-state index contributed by atoms with van der Waals surface area (Å²) in [6.45, 7) is 10.5. The van der Waals surface area contributed by atoms with E-state index >= 15 is 0 Å². The van der Waals surface area contributed by atoms with Gasteiger partial charge in [0.05, 0.1) is 6.61 Å². The first-order valence-electron chi connectivity index (χ1n) is 7.43. The van der Waals surface area contributed by atoms with E-state index in [2.05, 4.69) is 25.2 Å². The molecule has 0 radical (unpaired) electrons. The van der Waals surface area contributed by atoms with Crippen molar-refractivity contribution in [2.75, 3.05) is 20.3 Å². The zero-order valence-corrected chi connectivity index (χ0v) is 13.9. The van der Waals surface area contributed by atoms with Gasteiger partial charge in [-0.3, -0.25) is 0 Å². The fourth-order valence-corrected chi connectivity index (χ4v) is 1.88. The Hall–Kier alpha value is -1.55. The van der Waals surface area contributed by atoms with Gasteiger partial charge in [-0.25, -0.2) is 4.79 Å². The maximum absolute atomic E-state index is 12.0. The summed E-state index contributed by atoms with van der Waals surface area (Å²) in [5.41, 5.74) is 1.43. The number of esters is 1. The van der Waals surface area contributed by atoms with Crippen molar-refractivity contribution in [3.05, 3.63) is 29.3 Å². The van der Waals surface area contributed by atoms with Gasteiger partial charge in [0.25, 0.3) is 0 Å². The van der Waals surface area contributed by atoms with Crippen LogP contribution in [0.2, 0.25) is 0 Å². The van der Waals surface area contributed by atoms with Crippen LogP contribution in [0, 0.1) is 6.92 Å². The molecule has 0 aromatic heterocycles. The van der Waals surface area contributed by atoms with Crippen LogP contribution in [-0.2, 0) is 9.53 Å². The third-order valence-electron chi connectivity index (χ3n) is 3.67. The monoisotopic (exact) mass is 293 g/mol. The molecular weight excluding hydrogens is 266 g/mol. The normalized spacial score (nSPS) is 13.9. The molecule has 1 N–H and O–H groups in total. The molecule has 1 atom stereocenters. The Bertz CT molecular complexity index is 485. The topological polar surface area (TPSA) is 47.6 Å². The summed E-state index contributed by atoms with van der Waals surface area (Å²) in [4.78, 5) is 12.0. The van der Waals surface area contributed by atoms with Gasteiger partial charge in [0, 0.05) is 0 Å². The van der Waals surface area contributed by atoms with Crippen LogP contribution in [0.15, 0.2) is 18.2 Å². The summed E-state index contributed by atoms with van der Waals surface area (Å²) in [6, 6.07) is 6.20. The fourth-order valence-electron chi connectivity index (χ4n) is 1.88. The summed E-state index contributed by atoms with van der Waals surface area (Å²) >= 11 is 0. The van der Waals surface area contributed by atoms with E-state index in [4.69, 9.17) is 9.47 Å². The molecule has 0 aliphatic heterocycles. The van der Waals surface area contributed by atoms with E-state index in [1.807, 2.05) is 19.1 Å². The molecule has 0 aliphatic carbocycles. The van der Waals surface area contributed by atoms with Crippen LogP contribution in [0.3, 0.4) is 0 Å². The number of aryl methyl sites for hydroxylation is 1. The Morgan fingerprint density at radius 1 is 1.38 bits per heavy atom. The van der Waals surface area contributed by atoms with Crippen molar-refractivity contribution in [1.29, 1.82) is 0 Å². The molecule has 118 valence electrons. The first-order chi connectivity index (χ1) is 9.84. The number of benzene rings is 1. The Balaban J connectivity index is 2.86. The van der Waals surface area contributed by atoms with E-state index < -0.39 is 5.54 Å². The molecule has 1 rings (SSSR count). The van der Waals surface area contributed by atoms with Gasteiger partial charge in [0.15, 0.2) is 0 Å². The molecule has 1 unspecified atom stereocenters. The lowest BCUT2D eigenvalue weighted by Crippen LogP contribution is -2.53. The molecule has 4 heteroatoms. The van der Waals surface area contributed by atoms with Crippen molar-refractivity contribution in [2.24, 2.45) is 0 Å². The van der Waals surface area contributed by atoms with Crippen LogP contribution >= 0.6 is 0 Å². The third kappa shape index (κ3) is 4.46. The molecule has 0 fully saturated rings. The zero-order valence-electron chi connectivity index (χ0n) is 13.9. The van der Waals surface area contributed by atoms with Crippen molar-refractivity contribution >= 4 is 5.97 Å². The van der Waals surface area contributed by atoms with Gasteiger partial charge in [-0.15, -0.1) is 0 Å². The predicted molar refractivity (Wildman–Crippen MR) is 84.9 cm³/mol. The van der Waals surface area contributed by atoms with E-state index in [0.29, 0.717) is 12.5 Å². The smallest absolute Gasteiger partial charge is 0.329 e. The van der Waals surface area contributed by atoms with Gasteiger partial charge in [0.2, 0.25) is 0 Å². The Labute approximate surface area is 127 Å². The van der Waals surface area contributed by atoms with Crippen molar-refractivity contribution in [2.45, 2.75) is 46.1 Å². The zero-order chi connectivity index (χ0) is 16.0. The van der Waals surface area contributed by atoms with E-state index in [1.165, 1.54) is 5.56 Å². The summed E-state index contributed by atoms with van der Waals surface area (Å²) in [5, 5.41) is 2.99. The number of likely N-dealkylation sites (N-methyl/N-ethyl adjacent to an activating group) is 1. The fraction of sp³-hybridized carbons (Fsp3) is 0.588. The van der Waals surface area contributed by atoms with Crippen LogP contribution in [0.25, 0.3) is 0 Å². The number of carbonyl (C=O) groups is 1. The maximum Gasteiger partial charge on any atom is 0.329 e. The Morgan fingerprint density at radius 3 is 2.57 bits per heavy atom. The number of hydrogen-bond donors (Lipinski definition) is 1. The molecule has 0 amide bonds. The van der Waals surface area contributed by atoms with Crippen LogP contribution in [-0.4, -0.2) is 31.8 Å². The molecule has 0 bridgehead atoms. The van der Waals surface area contributed by atoms with Crippen LogP contribution < -0.4 is 10.1 Å². The molecule has 0 aliphatic rings. The minimum Gasteiger partial charge on any atom is -0.491 e. The second-order valence-corrected chi connectivity index (χ2v) is 5.77. The van der Waals surface area contributed by atoms with Gasteiger partial charge in [-0.05, 0) is 50.9 Å². The average molecular weight is 293 g/mol. The van der Waals surface area contributed by atoms with Gasteiger partial charge in [-0.1, -0.05) is 26.0 Å². The highest BCUT2D eigenvalue weighted by atomic mass is 16.5. The van der Waals surface area contributed by atoms with Gasteiger partial charge >= 0.3 is 5.97 Å². The maximum atomic E-state index is 12.0. The summed E-state index contributed by atoms with van der Waals surface area (Å²) in [6.07, 6.45) is 0. The van der Waals surface area contributed by atoms with Gasteiger partial charge < -0.3 is 14.8 Å². The highest BCUT2D eigenvalue weighted by Gasteiger charge is 2.34. The molecule has 0 heterocycles. The molecular formula is C17H27NO3. The van der Waals surface area contributed by atoms with Crippen LogP contribution in [0.1, 0.15) is 44.7 Å². The van der Waals surface area contributed by atoms with Crippen molar-refractivity contribution in [1.82, 2.24) is 5.32 Å². The lowest BCUT2D eigenvalue weighted by molar-refractivity contribution is -0.151. The largest absolute Gasteiger partial charge is 0.491 e. The van der Waals surface area contributed by atoms with E-state index in [1.54, 1.807) is 20.9 Å². The summed E-state index contributed by atoms with van der Waals surface area (Å²) < 4.78 is 11.0. The highest BCUT2D eigenvalue weighted by Crippen LogP contribution is 2.25. The molecule has 0 saturated heterocycles.